The zero-order valence-corrected chi connectivity index (χ0v) is 17.2. The van der Waals surface area contributed by atoms with Crippen LogP contribution in [-0.4, -0.2) is 32.8 Å². The normalized spacial score (nSPS) is 22.9. The van der Waals surface area contributed by atoms with Crippen LogP contribution in [0.1, 0.15) is 45.6 Å². The van der Waals surface area contributed by atoms with Crippen molar-refractivity contribution in [2.24, 2.45) is 0 Å². The second kappa shape index (κ2) is 6.48. The molecular formula is C19H29NO4Si. The molecule has 138 valence electrons. The fourth-order valence-corrected chi connectivity index (χ4v) is 3.84. The van der Waals surface area contributed by atoms with Crippen LogP contribution in [0.4, 0.5) is 0 Å². The van der Waals surface area contributed by atoms with Gasteiger partial charge in [0.15, 0.2) is 0 Å². The Morgan fingerprint density at radius 1 is 1.28 bits per heavy atom. The van der Waals surface area contributed by atoms with Crippen molar-refractivity contribution in [2.75, 3.05) is 7.11 Å². The Hall–Kier alpha value is -1.82. The smallest absolute Gasteiger partial charge is 0.332 e. The Labute approximate surface area is 151 Å². The first-order chi connectivity index (χ1) is 11.4. The number of rotatable bonds is 5. The van der Waals surface area contributed by atoms with E-state index in [1.807, 2.05) is 24.3 Å². The number of hydrogen-bond donors (Lipinski definition) is 1. The lowest BCUT2D eigenvalue weighted by atomic mass is 10.1. The SMILES string of the molecule is COC(=O)[C@]1(NC(C)=O)C[C@@H]1c1cccc(O[Si](C)(C)C(C)(C)C)c1. The molecule has 0 spiro atoms. The zero-order valence-electron chi connectivity index (χ0n) is 16.2. The number of nitrogens with one attached hydrogen (secondary N) is 1. The molecule has 5 nitrogen and oxygen atoms in total. The van der Waals surface area contributed by atoms with Gasteiger partial charge in [0.1, 0.15) is 11.3 Å². The second-order valence-electron chi connectivity index (χ2n) is 8.34. The summed E-state index contributed by atoms with van der Waals surface area (Å²) in [6.45, 7) is 12.4. The van der Waals surface area contributed by atoms with Gasteiger partial charge in [0.25, 0.3) is 0 Å². The van der Waals surface area contributed by atoms with Crippen LogP contribution in [0.3, 0.4) is 0 Å². The van der Waals surface area contributed by atoms with E-state index in [-0.39, 0.29) is 16.9 Å². The van der Waals surface area contributed by atoms with Gasteiger partial charge in [0.2, 0.25) is 14.2 Å². The van der Waals surface area contributed by atoms with Gasteiger partial charge in [-0.05, 0) is 42.2 Å². The van der Waals surface area contributed by atoms with Crippen molar-refractivity contribution in [1.29, 1.82) is 0 Å². The number of methoxy groups -OCH3 is 1. The number of esters is 1. The third-order valence-electron chi connectivity index (χ3n) is 5.35. The average Bonchev–Trinajstić information content (AvgIpc) is 3.19. The van der Waals surface area contributed by atoms with Gasteiger partial charge in [-0.2, -0.15) is 0 Å². The highest BCUT2D eigenvalue weighted by Crippen LogP contribution is 2.53. The second-order valence-corrected chi connectivity index (χ2v) is 13.1. The first-order valence-electron chi connectivity index (χ1n) is 8.59. The van der Waals surface area contributed by atoms with Crippen LogP contribution >= 0.6 is 0 Å². The predicted octanol–water partition coefficient (Wildman–Crippen LogP) is 3.61. The molecule has 1 amide bonds. The number of ether oxygens (including phenoxy) is 1. The Morgan fingerprint density at radius 3 is 2.44 bits per heavy atom. The molecular weight excluding hydrogens is 334 g/mol. The summed E-state index contributed by atoms with van der Waals surface area (Å²) in [5.74, 6) is 0.0920. The molecule has 2 atom stereocenters. The molecule has 1 aliphatic rings. The molecule has 1 aromatic carbocycles. The molecule has 0 heterocycles. The molecule has 6 heteroatoms. The molecule has 25 heavy (non-hydrogen) atoms. The summed E-state index contributed by atoms with van der Waals surface area (Å²) in [5.41, 5.74) is 0.0336. The first kappa shape index (κ1) is 19.5. The molecule has 0 radical (unpaired) electrons. The quantitative estimate of drug-likeness (QED) is 0.641. The Morgan fingerprint density at radius 2 is 1.92 bits per heavy atom. The lowest BCUT2D eigenvalue weighted by molar-refractivity contribution is -0.146. The van der Waals surface area contributed by atoms with Crippen molar-refractivity contribution in [3.05, 3.63) is 29.8 Å². The van der Waals surface area contributed by atoms with Crippen LogP contribution in [0.15, 0.2) is 24.3 Å². The number of carbonyl (C=O) groups is 2. The average molecular weight is 364 g/mol. The molecule has 1 aliphatic carbocycles. The van der Waals surface area contributed by atoms with Crippen LogP contribution in [0.25, 0.3) is 0 Å². The van der Waals surface area contributed by atoms with Crippen molar-refractivity contribution in [1.82, 2.24) is 5.32 Å². The van der Waals surface area contributed by atoms with E-state index in [2.05, 4.69) is 39.2 Å². The fourth-order valence-electron chi connectivity index (χ4n) is 2.82. The predicted molar refractivity (Wildman–Crippen MR) is 100 cm³/mol. The molecule has 2 rings (SSSR count). The van der Waals surface area contributed by atoms with Gasteiger partial charge in [0, 0.05) is 12.8 Å². The van der Waals surface area contributed by atoms with E-state index in [1.165, 1.54) is 14.0 Å². The van der Waals surface area contributed by atoms with Gasteiger partial charge in [-0.3, -0.25) is 4.79 Å². The molecule has 1 saturated carbocycles. The monoisotopic (exact) mass is 363 g/mol. The Balaban J connectivity index is 2.25. The van der Waals surface area contributed by atoms with Gasteiger partial charge in [-0.15, -0.1) is 0 Å². The van der Waals surface area contributed by atoms with E-state index in [1.54, 1.807) is 0 Å². The van der Waals surface area contributed by atoms with Gasteiger partial charge < -0.3 is 14.5 Å². The number of hydrogen-bond acceptors (Lipinski definition) is 4. The van der Waals surface area contributed by atoms with E-state index >= 15 is 0 Å². The lowest BCUT2D eigenvalue weighted by Gasteiger charge is -2.36. The third-order valence-corrected chi connectivity index (χ3v) is 9.71. The third kappa shape index (κ3) is 3.89. The van der Waals surface area contributed by atoms with Crippen LogP contribution in [0.2, 0.25) is 18.1 Å². The van der Waals surface area contributed by atoms with Crippen molar-refractivity contribution < 1.29 is 18.8 Å². The molecule has 1 aromatic rings. The highest BCUT2D eigenvalue weighted by Gasteiger charge is 2.62. The van der Waals surface area contributed by atoms with Crippen LogP contribution in [0.5, 0.6) is 5.75 Å². The van der Waals surface area contributed by atoms with Crippen molar-refractivity contribution in [3.8, 4) is 5.75 Å². The summed E-state index contributed by atoms with van der Waals surface area (Å²) in [7, 11) is -0.589. The minimum absolute atomic E-state index is 0.0909. The molecule has 0 aromatic heterocycles. The van der Waals surface area contributed by atoms with E-state index in [4.69, 9.17) is 9.16 Å². The van der Waals surface area contributed by atoms with Gasteiger partial charge in [0.05, 0.1) is 7.11 Å². The zero-order chi connectivity index (χ0) is 19.0. The number of carbonyl (C=O) groups excluding carboxylic acids is 2. The van der Waals surface area contributed by atoms with Crippen molar-refractivity contribution in [3.63, 3.8) is 0 Å². The summed E-state index contributed by atoms with van der Waals surface area (Å²) < 4.78 is 11.3. The Bertz CT molecular complexity index is 680. The minimum atomic E-state index is -1.93. The molecule has 0 aliphatic heterocycles. The van der Waals surface area contributed by atoms with Gasteiger partial charge in [-0.25, -0.2) is 4.79 Å². The summed E-state index contributed by atoms with van der Waals surface area (Å²) in [5, 5.41) is 2.88. The summed E-state index contributed by atoms with van der Waals surface area (Å²) in [6.07, 6.45) is 0.544. The largest absolute Gasteiger partial charge is 0.543 e. The van der Waals surface area contributed by atoms with E-state index in [9.17, 15) is 9.59 Å². The highest BCUT2D eigenvalue weighted by atomic mass is 28.4. The maximum Gasteiger partial charge on any atom is 0.332 e. The van der Waals surface area contributed by atoms with E-state index < -0.39 is 19.8 Å². The summed E-state index contributed by atoms with van der Waals surface area (Å²) in [6, 6.07) is 7.84. The maximum absolute atomic E-state index is 12.2. The number of amides is 1. The van der Waals surface area contributed by atoms with Crippen molar-refractivity contribution >= 4 is 20.2 Å². The molecule has 0 saturated heterocycles. The molecule has 1 N–H and O–H groups in total. The van der Waals surface area contributed by atoms with Crippen LogP contribution in [0, 0.1) is 0 Å². The summed E-state index contributed by atoms with van der Waals surface area (Å²) in [4.78, 5) is 23.7. The number of benzene rings is 1. The highest BCUT2D eigenvalue weighted by molar-refractivity contribution is 6.74. The van der Waals surface area contributed by atoms with Crippen LogP contribution < -0.4 is 9.74 Å². The van der Waals surface area contributed by atoms with Gasteiger partial charge in [-0.1, -0.05) is 32.9 Å². The first-order valence-corrected chi connectivity index (χ1v) is 11.5. The van der Waals surface area contributed by atoms with E-state index in [0.29, 0.717) is 6.42 Å². The van der Waals surface area contributed by atoms with Crippen molar-refractivity contribution in [2.45, 2.75) is 63.7 Å². The summed E-state index contributed by atoms with van der Waals surface area (Å²) >= 11 is 0. The Kier molecular flexibility index (Phi) is 5.05. The topological polar surface area (TPSA) is 64.6 Å². The maximum atomic E-state index is 12.2. The minimum Gasteiger partial charge on any atom is -0.543 e. The van der Waals surface area contributed by atoms with E-state index in [0.717, 1.165) is 11.3 Å². The molecule has 0 unspecified atom stereocenters. The van der Waals surface area contributed by atoms with Crippen LogP contribution in [-0.2, 0) is 14.3 Å². The molecule has 1 fully saturated rings. The van der Waals surface area contributed by atoms with Gasteiger partial charge >= 0.3 is 5.97 Å². The fraction of sp³-hybridized carbons (Fsp3) is 0.579. The molecule has 0 bridgehead atoms. The lowest BCUT2D eigenvalue weighted by Crippen LogP contribution is -2.44. The standard InChI is InChI=1S/C19H29NO4Si/c1-13(21)20-19(17(22)23-5)12-16(19)14-9-8-10-15(11-14)24-25(6,7)18(2,3)4/h8-11,16H,12H2,1-7H3,(H,20,21)/t16-,19+/m1/s1.